The van der Waals surface area contributed by atoms with Gasteiger partial charge in [0.2, 0.25) is 15.9 Å². The van der Waals surface area contributed by atoms with E-state index in [0.717, 1.165) is 23.2 Å². The zero-order valence-electron chi connectivity index (χ0n) is 19.1. The van der Waals surface area contributed by atoms with Crippen LogP contribution < -0.4 is 14.9 Å². The number of amides is 2. The Kier molecular flexibility index (Phi) is 6.81. The van der Waals surface area contributed by atoms with Crippen LogP contribution in [0.4, 0.5) is 11.4 Å². The van der Waals surface area contributed by atoms with Crippen molar-refractivity contribution >= 4 is 33.2 Å². The summed E-state index contributed by atoms with van der Waals surface area (Å²) in [6, 6.07) is 20.9. The number of carbonyl (C=O) groups excluding carboxylic acids is 2. The average Bonchev–Trinajstić information content (AvgIpc) is 3.18. The molecule has 4 rings (SSSR count). The van der Waals surface area contributed by atoms with Crippen molar-refractivity contribution in [2.24, 2.45) is 0 Å². The van der Waals surface area contributed by atoms with E-state index in [4.69, 9.17) is 0 Å². The lowest BCUT2D eigenvalue weighted by molar-refractivity contribution is -0.115. The number of hydrogen-bond donors (Lipinski definition) is 2. The van der Waals surface area contributed by atoms with Gasteiger partial charge < -0.3 is 10.2 Å². The third-order valence-corrected chi connectivity index (χ3v) is 7.26. The summed E-state index contributed by atoms with van der Waals surface area (Å²) in [5.41, 5.74) is 3.80. The first-order valence-corrected chi connectivity index (χ1v) is 12.7. The second-order valence-electron chi connectivity index (χ2n) is 8.31. The van der Waals surface area contributed by atoms with Crippen molar-refractivity contribution < 1.29 is 18.0 Å². The van der Waals surface area contributed by atoms with E-state index in [0.29, 0.717) is 17.7 Å². The smallest absolute Gasteiger partial charge is 0.258 e. The molecular formula is C26H27N3O4S. The van der Waals surface area contributed by atoms with Gasteiger partial charge in [-0.05, 0) is 66.9 Å². The van der Waals surface area contributed by atoms with Crippen molar-refractivity contribution in [1.29, 1.82) is 0 Å². The Morgan fingerprint density at radius 1 is 1.00 bits per heavy atom. The van der Waals surface area contributed by atoms with E-state index in [1.165, 1.54) is 12.1 Å². The molecule has 7 nitrogen and oxygen atoms in total. The van der Waals surface area contributed by atoms with Crippen LogP contribution in [0.2, 0.25) is 0 Å². The van der Waals surface area contributed by atoms with E-state index < -0.39 is 10.0 Å². The monoisotopic (exact) mass is 477 g/mol. The minimum Gasteiger partial charge on any atom is -0.326 e. The molecule has 8 heteroatoms. The topological polar surface area (TPSA) is 95.6 Å². The predicted molar refractivity (Wildman–Crippen MR) is 132 cm³/mol. The molecule has 0 saturated carbocycles. The largest absolute Gasteiger partial charge is 0.326 e. The molecule has 0 bridgehead atoms. The lowest BCUT2D eigenvalue weighted by Gasteiger charge is -2.23. The molecule has 0 unspecified atom stereocenters. The Balaban J connectivity index is 1.49. The normalized spacial score (nSPS) is 15.1. The fourth-order valence-corrected chi connectivity index (χ4v) is 5.04. The minimum absolute atomic E-state index is 0.0151. The van der Waals surface area contributed by atoms with Crippen LogP contribution in [0.15, 0.2) is 77.7 Å². The maximum Gasteiger partial charge on any atom is 0.258 e. The lowest BCUT2D eigenvalue weighted by Crippen LogP contribution is -2.35. The highest BCUT2D eigenvalue weighted by atomic mass is 32.2. The number of sulfonamides is 1. The van der Waals surface area contributed by atoms with Crippen molar-refractivity contribution in [3.05, 3.63) is 89.5 Å². The maximum atomic E-state index is 13.1. The first-order chi connectivity index (χ1) is 16.3. The van der Waals surface area contributed by atoms with Gasteiger partial charge in [-0.15, -0.1) is 0 Å². The summed E-state index contributed by atoms with van der Waals surface area (Å²) in [6.07, 6.45) is 1.09. The molecule has 0 aliphatic carbocycles. The van der Waals surface area contributed by atoms with Crippen LogP contribution in [0.3, 0.4) is 0 Å². The van der Waals surface area contributed by atoms with Crippen LogP contribution in [0.25, 0.3) is 0 Å². The van der Waals surface area contributed by atoms with Gasteiger partial charge in [0, 0.05) is 35.9 Å². The van der Waals surface area contributed by atoms with Crippen molar-refractivity contribution in [2.75, 3.05) is 10.2 Å². The summed E-state index contributed by atoms with van der Waals surface area (Å²) >= 11 is 0. The Morgan fingerprint density at radius 3 is 2.38 bits per heavy atom. The van der Waals surface area contributed by atoms with Gasteiger partial charge in [0.1, 0.15) is 0 Å². The zero-order valence-corrected chi connectivity index (χ0v) is 19.9. The van der Waals surface area contributed by atoms with Crippen LogP contribution in [0.1, 0.15) is 41.8 Å². The van der Waals surface area contributed by atoms with Crippen LogP contribution >= 0.6 is 0 Å². The molecule has 34 heavy (non-hydrogen) atoms. The first-order valence-electron chi connectivity index (χ1n) is 11.2. The Labute approximate surface area is 199 Å². The van der Waals surface area contributed by atoms with Gasteiger partial charge in [-0.2, -0.15) is 0 Å². The van der Waals surface area contributed by atoms with Crippen LogP contribution in [0, 0.1) is 0 Å². The molecule has 1 atom stereocenters. The van der Waals surface area contributed by atoms with Gasteiger partial charge in [-0.25, -0.2) is 13.1 Å². The van der Waals surface area contributed by atoms with E-state index >= 15 is 0 Å². The Bertz CT molecular complexity index is 1310. The van der Waals surface area contributed by atoms with Gasteiger partial charge in [-0.3, -0.25) is 9.59 Å². The molecule has 2 N–H and O–H groups in total. The second-order valence-corrected chi connectivity index (χ2v) is 10.1. The van der Waals surface area contributed by atoms with Crippen LogP contribution in [0.5, 0.6) is 0 Å². The first kappa shape index (κ1) is 23.7. The van der Waals surface area contributed by atoms with Crippen molar-refractivity contribution in [3.63, 3.8) is 0 Å². The number of anilines is 2. The van der Waals surface area contributed by atoms with E-state index in [1.807, 2.05) is 43.3 Å². The number of nitrogens with one attached hydrogen (secondary N) is 2. The second kappa shape index (κ2) is 9.79. The molecule has 1 aliphatic heterocycles. The summed E-state index contributed by atoms with van der Waals surface area (Å²) in [6.45, 7) is 3.84. The van der Waals surface area contributed by atoms with Gasteiger partial charge in [0.25, 0.3) is 5.91 Å². The molecule has 0 spiro atoms. The lowest BCUT2D eigenvalue weighted by atomic mass is 10.1. The van der Waals surface area contributed by atoms with Gasteiger partial charge in [-0.1, -0.05) is 37.3 Å². The van der Waals surface area contributed by atoms with E-state index in [-0.39, 0.29) is 29.3 Å². The fraction of sp³-hybridized carbons (Fsp3) is 0.231. The molecule has 176 valence electrons. The number of fused-ring (bicyclic) bond motifs is 1. The molecule has 0 fully saturated rings. The molecule has 3 aromatic carbocycles. The highest BCUT2D eigenvalue weighted by molar-refractivity contribution is 7.89. The summed E-state index contributed by atoms with van der Waals surface area (Å²) in [5, 5.41) is 2.69. The summed E-state index contributed by atoms with van der Waals surface area (Å²) in [4.78, 5) is 26.5. The van der Waals surface area contributed by atoms with Crippen molar-refractivity contribution in [1.82, 2.24) is 4.72 Å². The van der Waals surface area contributed by atoms with Crippen molar-refractivity contribution in [3.8, 4) is 0 Å². The molecule has 2 amide bonds. The highest BCUT2D eigenvalue weighted by Gasteiger charge is 2.31. The van der Waals surface area contributed by atoms with Gasteiger partial charge >= 0.3 is 0 Å². The number of carbonyl (C=O) groups is 2. The number of benzene rings is 3. The summed E-state index contributed by atoms with van der Waals surface area (Å²) in [7, 11) is -3.75. The molecule has 3 aromatic rings. The van der Waals surface area contributed by atoms with Gasteiger partial charge in [0.15, 0.2) is 0 Å². The quantitative estimate of drug-likeness (QED) is 0.535. The Morgan fingerprint density at radius 2 is 1.71 bits per heavy atom. The van der Waals surface area contributed by atoms with Gasteiger partial charge in [0.05, 0.1) is 4.90 Å². The SMILES string of the molecule is CCC(=O)Nc1ccc(S(=O)(=O)NCc2ccc3c(c2)N(C(=O)c2ccccc2)[C@@H](C)C3)cc1. The van der Waals surface area contributed by atoms with E-state index in [2.05, 4.69) is 10.0 Å². The Hall–Kier alpha value is -3.49. The predicted octanol–water partition coefficient (Wildman–Crippen LogP) is 4.11. The van der Waals surface area contributed by atoms with E-state index in [9.17, 15) is 18.0 Å². The number of nitrogens with zero attached hydrogens (tertiary/aromatic N) is 1. The third-order valence-electron chi connectivity index (χ3n) is 5.84. The standard InChI is InChI=1S/C26H27N3O4S/c1-3-25(30)28-22-11-13-23(14-12-22)34(32,33)27-17-19-9-10-21-15-18(2)29(24(21)16-19)26(31)20-7-5-4-6-8-20/h4-14,16,18,27H,3,15,17H2,1-2H3,(H,28,30)/t18-/m0/s1. The maximum absolute atomic E-state index is 13.1. The molecular weight excluding hydrogens is 450 g/mol. The zero-order chi connectivity index (χ0) is 24.3. The van der Waals surface area contributed by atoms with E-state index in [1.54, 1.807) is 36.1 Å². The molecule has 1 aliphatic rings. The number of hydrogen-bond acceptors (Lipinski definition) is 4. The number of rotatable bonds is 7. The molecule has 0 saturated heterocycles. The van der Waals surface area contributed by atoms with Crippen molar-refractivity contribution in [2.45, 2.75) is 44.2 Å². The minimum atomic E-state index is -3.75. The molecule has 0 radical (unpaired) electrons. The summed E-state index contributed by atoms with van der Waals surface area (Å²) in [5.74, 6) is -0.209. The van der Waals surface area contributed by atoms with Crippen LogP contribution in [-0.2, 0) is 27.8 Å². The third kappa shape index (κ3) is 5.03. The highest BCUT2D eigenvalue weighted by Crippen LogP contribution is 2.34. The van der Waals surface area contributed by atoms with Crippen LogP contribution in [-0.4, -0.2) is 26.3 Å². The average molecular weight is 478 g/mol. The molecule has 1 heterocycles. The molecule has 0 aromatic heterocycles. The fourth-order valence-electron chi connectivity index (χ4n) is 4.02. The summed E-state index contributed by atoms with van der Waals surface area (Å²) < 4.78 is 28.2.